The van der Waals surface area contributed by atoms with Gasteiger partial charge in [-0.1, -0.05) is 18.2 Å². The molecule has 0 radical (unpaired) electrons. The number of hydrogen-bond acceptors (Lipinski definition) is 4. The molecule has 1 heterocycles. The van der Waals surface area contributed by atoms with Gasteiger partial charge in [-0.25, -0.2) is 0 Å². The average Bonchev–Trinajstić information content (AvgIpc) is 2.52. The number of ether oxygens (including phenoxy) is 1. The minimum atomic E-state index is -0.882. The van der Waals surface area contributed by atoms with Crippen molar-refractivity contribution in [1.82, 2.24) is 10.3 Å². The summed E-state index contributed by atoms with van der Waals surface area (Å²) < 4.78 is 5.16. The minimum Gasteiger partial charge on any atom is -0.496 e. The maximum absolute atomic E-state index is 11.9. The van der Waals surface area contributed by atoms with E-state index in [4.69, 9.17) is 4.74 Å². The number of aromatic nitrogens is 1. The van der Waals surface area contributed by atoms with E-state index in [0.29, 0.717) is 16.9 Å². The van der Waals surface area contributed by atoms with Gasteiger partial charge in [-0.05, 0) is 12.1 Å². The molecule has 0 fully saturated rings. The molecule has 1 amide bonds. The fourth-order valence-electron chi connectivity index (χ4n) is 1.89. The Labute approximate surface area is 121 Å². The first-order chi connectivity index (χ1) is 10.1. The quantitative estimate of drug-likeness (QED) is 0.760. The zero-order valence-corrected chi connectivity index (χ0v) is 11.5. The number of nitrogens with one attached hydrogen (secondary N) is 2. The molecular formula is C15H16N2O4. The van der Waals surface area contributed by atoms with Crippen molar-refractivity contribution in [3.05, 3.63) is 64.1 Å². The Hall–Kier alpha value is -2.60. The number of rotatable bonds is 5. The Balaban J connectivity index is 2.00. The van der Waals surface area contributed by atoms with Crippen LogP contribution in [-0.4, -0.2) is 29.7 Å². The molecule has 0 aliphatic heterocycles. The van der Waals surface area contributed by atoms with Crippen LogP contribution in [0.3, 0.4) is 0 Å². The zero-order chi connectivity index (χ0) is 15.2. The highest BCUT2D eigenvalue weighted by atomic mass is 16.5. The van der Waals surface area contributed by atoms with Crippen molar-refractivity contribution >= 4 is 5.91 Å². The molecule has 0 saturated heterocycles. The van der Waals surface area contributed by atoms with Crippen LogP contribution >= 0.6 is 0 Å². The monoisotopic (exact) mass is 288 g/mol. The third-order valence-electron chi connectivity index (χ3n) is 3.00. The molecular weight excluding hydrogens is 272 g/mol. The summed E-state index contributed by atoms with van der Waals surface area (Å²) in [6.45, 7) is 0.0400. The molecule has 3 N–H and O–H groups in total. The van der Waals surface area contributed by atoms with E-state index in [-0.39, 0.29) is 18.0 Å². The van der Waals surface area contributed by atoms with Crippen LogP contribution in [0.4, 0.5) is 0 Å². The fraction of sp³-hybridized carbons (Fsp3) is 0.200. The summed E-state index contributed by atoms with van der Waals surface area (Å²) >= 11 is 0. The van der Waals surface area contributed by atoms with Gasteiger partial charge in [0.25, 0.3) is 5.91 Å². The molecule has 0 saturated carbocycles. The third-order valence-corrected chi connectivity index (χ3v) is 3.00. The number of aromatic amines is 1. The number of hydrogen-bond donors (Lipinski definition) is 3. The molecule has 1 atom stereocenters. The lowest BCUT2D eigenvalue weighted by atomic mass is 10.1. The van der Waals surface area contributed by atoms with Crippen LogP contribution in [0.2, 0.25) is 0 Å². The van der Waals surface area contributed by atoms with E-state index in [9.17, 15) is 14.7 Å². The smallest absolute Gasteiger partial charge is 0.252 e. The van der Waals surface area contributed by atoms with Crippen molar-refractivity contribution in [3.63, 3.8) is 0 Å². The predicted octanol–water partition coefficient (Wildman–Crippen LogP) is 0.847. The number of aliphatic hydroxyl groups excluding tert-OH is 1. The van der Waals surface area contributed by atoms with Gasteiger partial charge in [0.2, 0.25) is 5.56 Å². The van der Waals surface area contributed by atoms with Crippen LogP contribution < -0.4 is 15.6 Å². The van der Waals surface area contributed by atoms with Gasteiger partial charge in [-0.3, -0.25) is 9.59 Å². The Kier molecular flexibility index (Phi) is 4.73. The summed E-state index contributed by atoms with van der Waals surface area (Å²) in [5.41, 5.74) is 0.643. The minimum absolute atomic E-state index is 0.0400. The van der Waals surface area contributed by atoms with Gasteiger partial charge in [-0.2, -0.15) is 0 Å². The van der Waals surface area contributed by atoms with Crippen LogP contribution in [-0.2, 0) is 0 Å². The van der Waals surface area contributed by atoms with E-state index in [1.807, 2.05) is 0 Å². The number of H-pyrrole nitrogens is 1. The average molecular weight is 288 g/mol. The maximum Gasteiger partial charge on any atom is 0.252 e. The number of carbonyl (C=O) groups excluding carboxylic acids is 1. The molecule has 2 aromatic rings. The lowest BCUT2D eigenvalue weighted by Gasteiger charge is -2.15. The lowest BCUT2D eigenvalue weighted by molar-refractivity contribution is 0.0914. The Bertz CT molecular complexity index is 661. The van der Waals surface area contributed by atoms with Crippen LogP contribution in [0.15, 0.2) is 47.4 Å². The molecule has 1 aromatic carbocycles. The topological polar surface area (TPSA) is 91.4 Å². The summed E-state index contributed by atoms with van der Waals surface area (Å²) in [5, 5.41) is 12.7. The van der Waals surface area contributed by atoms with E-state index < -0.39 is 6.10 Å². The first-order valence-electron chi connectivity index (χ1n) is 6.39. The number of benzene rings is 1. The summed E-state index contributed by atoms with van der Waals surface area (Å²) in [4.78, 5) is 25.2. The number of methoxy groups -OCH3 is 1. The summed E-state index contributed by atoms with van der Waals surface area (Å²) in [6.07, 6.45) is 0.445. The predicted molar refractivity (Wildman–Crippen MR) is 77.3 cm³/mol. The summed E-state index contributed by atoms with van der Waals surface area (Å²) in [6, 6.07) is 9.74. The molecule has 2 rings (SSSR count). The lowest BCUT2D eigenvalue weighted by Crippen LogP contribution is -2.29. The van der Waals surface area contributed by atoms with Crippen molar-refractivity contribution in [1.29, 1.82) is 0 Å². The number of aliphatic hydroxyl groups is 1. The van der Waals surface area contributed by atoms with Gasteiger partial charge in [0.05, 0.1) is 18.8 Å². The highest BCUT2D eigenvalue weighted by Gasteiger charge is 2.14. The van der Waals surface area contributed by atoms with Gasteiger partial charge in [-0.15, -0.1) is 0 Å². The SMILES string of the molecule is COc1ccccc1[C@@H](O)CNC(=O)c1ccc(=O)[nH]c1. The first kappa shape index (κ1) is 14.8. The number of para-hydroxylation sites is 1. The molecule has 1 aromatic heterocycles. The van der Waals surface area contributed by atoms with Crippen molar-refractivity contribution in [2.75, 3.05) is 13.7 Å². The van der Waals surface area contributed by atoms with E-state index >= 15 is 0 Å². The standard InChI is InChI=1S/C15H16N2O4/c1-21-13-5-3-2-4-11(13)12(18)9-17-15(20)10-6-7-14(19)16-8-10/h2-8,12,18H,9H2,1H3,(H,16,19)(H,17,20)/t12-/m0/s1. The molecule has 6 heteroatoms. The highest BCUT2D eigenvalue weighted by molar-refractivity contribution is 5.93. The normalized spacial score (nSPS) is 11.7. The van der Waals surface area contributed by atoms with Gasteiger partial charge in [0.15, 0.2) is 0 Å². The molecule has 0 aliphatic carbocycles. The third kappa shape index (κ3) is 3.70. The van der Waals surface area contributed by atoms with E-state index in [1.165, 1.54) is 25.4 Å². The summed E-state index contributed by atoms with van der Waals surface area (Å²) in [7, 11) is 1.52. The maximum atomic E-state index is 11.9. The molecule has 6 nitrogen and oxygen atoms in total. The molecule has 21 heavy (non-hydrogen) atoms. The second-order valence-corrected chi connectivity index (χ2v) is 4.41. The van der Waals surface area contributed by atoms with Crippen molar-refractivity contribution in [2.24, 2.45) is 0 Å². The molecule has 0 bridgehead atoms. The highest BCUT2D eigenvalue weighted by Crippen LogP contribution is 2.23. The number of amides is 1. The Morgan fingerprint density at radius 1 is 1.33 bits per heavy atom. The Morgan fingerprint density at radius 3 is 2.76 bits per heavy atom. The van der Waals surface area contributed by atoms with E-state index in [2.05, 4.69) is 10.3 Å². The molecule has 110 valence electrons. The van der Waals surface area contributed by atoms with Crippen LogP contribution in [0.1, 0.15) is 22.0 Å². The van der Waals surface area contributed by atoms with Crippen molar-refractivity contribution in [3.8, 4) is 5.75 Å². The fourth-order valence-corrected chi connectivity index (χ4v) is 1.89. The summed E-state index contributed by atoms with van der Waals surface area (Å²) in [5.74, 6) is 0.184. The number of pyridine rings is 1. The van der Waals surface area contributed by atoms with E-state index in [0.717, 1.165) is 0 Å². The first-order valence-corrected chi connectivity index (χ1v) is 6.39. The van der Waals surface area contributed by atoms with Gasteiger partial charge >= 0.3 is 0 Å². The van der Waals surface area contributed by atoms with Gasteiger partial charge in [0.1, 0.15) is 5.75 Å². The second-order valence-electron chi connectivity index (χ2n) is 4.41. The largest absolute Gasteiger partial charge is 0.496 e. The number of carbonyl (C=O) groups is 1. The van der Waals surface area contributed by atoms with Crippen LogP contribution in [0, 0.1) is 0 Å². The zero-order valence-electron chi connectivity index (χ0n) is 11.5. The molecule has 0 spiro atoms. The van der Waals surface area contributed by atoms with Crippen molar-refractivity contribution in [2.45, 2.75) is 6.10 Å². The Morgan fingerprint density at radius 2 is 2.10 bits per heavy atom. The van der Waals surface area contributed by atoms with Crippen LogP contribution in [0.5, 0.6) is 5.75 Å². The molecule has 0 unspecified atom stereocenters. The van der Waals surface area contributed by atoms with E-state index in [1.54, 1.807) is 24.3 Å². The van der Waals surface area contributed by atoms with Crippen LogP contribution in [0.25, 0.3) is 0 Å². The second kappa shape index (κ2) is 6.71. The van der Waals surface area contributed by atoms with Gasteiger partial charge < -0.3 is 20.1 Å². The molecule has 0 aliphatic rings. The van der Waals surface area contributed by atoms with Gasteiger partial charge in [0, 0.05) is 24.4 Å². The van der Waals surface area contributed by atoms with Crippen molar-refractivity contribution < 1.29 is 14.6 Å².